The van der Waals surface area contributed by atoms with Gasteiger partial charge in [-0.25, -0.2) is 4.79 Å². The van der Waals surface area contributed by atoms with Crippen LogP contribution < -0.4 is 4.90 Å². The van der Waals surface area contributed by atoms with Crippen molar-refractivity contribution in [3.05, 3.63) is 65.7 Å². The predicted octanol–water partition coefficient (Wildman–Crippen LogP) is 3.93. The van der Waals surface area contributed by atoms with Crippen molar-refractivity contribution in [3.8, 4) is 0 Å². The van der Waals surface area contributed by atoms with Gasteiger partial charge in [0, 0.05) is 6.54 Å². The van der Waals surface area contributed by atoms with Crippen molar-refractivity contribution < 1.29 is 14.3 Å². The van der Waals surface area contributed by atoms with Gasteiger partial charge < -0.3 is 9.64 Å². The zero-order chi connectivity index (χ0) is 16.9. The second-order valence-electron chi connectivity index (χ2n) is 5.68. The summed E-state index contributed by atoms with van der Waals surface area (Å²) < 4.78 is 5.42. The molecule has 3 rings (SSSR count). The number of carbonyl (C=O) groups excluding carboxylic acids is 2. The fourth-order valence-electron chi connectivity index (χ4n) is 2.75. The zero-order valence-corrected chi connectivity index (χ0v) is 14.7. The summed E-state index contributed by atoms with van der Waals surface area (Å²) in [6, 6.07) is 16.6. The number of ether oxygens (including phenoxy) is 1. The van der Waals surface area contributed by atoms with E-state index in [2.05, 4.69) is 15.9 Å². The molecule has 124 valence electrons. The molecule has 0 aliphatic carbocycles. The normalized spacial score (nSPS) is 17.6. The van der Waals surface area contributed by atoms with Gasteiger partial charge in [0.1, 0.15) is 6.61 Å². The molecular formula is C19H18BrNO3. The van der Waals surface area contributed by atoms with Gasteiger partial charge in [0.2, 0.25) is 5.91 Å². The molecule has 0 radical (unpaired) electrons. The molecule has 1 heterocycles. The Labute approximate surface area is 149 Å². The minimum Gasteiger partial charge on any atom is -0.457 e. The fraction of sp³-hybridized carbons (Fsp3) is 0.263. The second-order valence-corrected chi connectivity index (χ2v) is 6.78. The topological polar surface area (TPSA) is 46.6 Å². The molecular weight excluding hydrogens is 370 g/mol. The van der Waals surface area contributed by atoms with Crippen LogP contribution in [0, 0.1) is 0 Å². The Hall–Kier alpha value is -2.14. The Morgan fingerprint density at radius 1 is 1.12 bits per heavy atom. The average Bonchev–Trinajstić information content (AvgIpc) is 2.63. The maximum absolute atomic E-state index is 12.5. The Balaban J connectivity index is 1.78. The number of benzene rings is 2. The maximum Gasteiger partial charge on any atom is 0.340 e. The minimum absolute atomic E-state index is 0.00967. The Morgan fingerprint density at radius 3 is 2.62 bits per heavy atom. The summed E-state index contributed by atoms with van der Waals surface area (Å²) in [7, 11) is 0. The lowest BCUT2D eigenvalue weighted by molar-refractivity contribution is -0.118. The number of nitrogens with zero attached hydrogens (tertiary/aromatic N) is 1. The monoisotopic (exact) mass is 387 g/mol. The Kier molecular flexibility index (Phi) is 5.30. The highest BCUT2D eigenvalue weighted by Gasteiger charge is 2.30. The molecule has 0 bridgehead atoms. The van der Waals surface area contributed by atoms with E-state index in [9.17, 15) is 9.59 Å². The van der Waals surface area contributed by atoms with Crippen LogP contribution in [0.15, 0.2) is 54.6 Å². The molecule has 24 heavy (non-hydrogen) atoms. The van der Waals surface area contributed by atoms with Crippen molar-refractivity contribution in [2.24, 2.45) is 0 Å². The third-order valence-electron chi connectivity index (χ3n) is 4.00. The number of hydrogen-bond acceptors (Lipinski definition) is 3. The number of anilines is 1. The lowest BCUT2D eigenvalue weighted by atomic mass is 10.1. The second kappa shape index (κ2) is 7.62. The van der Waals surface area contributed by atoms with Gasteiger partial charge in [-0.15, -0.1) is 0 Å². The summed E-state index contributed by atoms with van der Waals surface area (Å²) in [6.07, 6.45) is 1.71. The van der Waals surface area contributed by atoms with Gasteiger partial charge >= 0.3 is 5.97 Å². The molecule has 1 atom stereocenters. The van der Waals surface area contributed by atoms with Crippen LogP contribution >= 0.6 is 15.9 Å². The summed E-state index contributed by atoms with van der Waals surface area (Å²) in [5.74, 6) is -0.427. The van der Waals surface area contributed by atoms with E-state index >= 15 is 0 Å². The number of piperidine rings is 1. The highest BCUT2D eigenvalue weighted by Crippen LogP contribution is 2.28. The number of esters is 1. The first kappa shape index (κ1) is 16.7. The van der Waals surface area contributed by atoms with Crippen LogP contribution in [-0.4, -0.2) is 23.2 Å². The van der Waals surface area contributed by atoms with Gasteiger partial charge in [0.15, 0.2) is 0 Å². The van der Waals surface area contributed by atoms with E-state index in [1.807, 2.05) is 36.4 Å². The first-order chi connectivity index (χ1) is 11.7. The van der Waals surface area contributed by atoms with E-state index in [1.165, 1.54) is 0 Å². The summed E-state index contributed by atoms with van der Waals surface area (Å²) >= 11 is 3.41. The molecule has 1 amide bonds. The molecule has 2 aromatic rings. The third-order valence-corrected chi connectivity index (χ3v) is 4.85. The van der Waals surface area contributed by atoms with E-state index in [-0.39, 0.29) is 17.3 Å². The minimum atomic E-state index is -0.418. The van der Waals surface area contributed by atoms with Crippen molar-refractivity contribution >= 4 is 33.5 Å². The van der Waals surface area contributed by atoms with Crippen LogP contribution in [0.4, 0.5) is 5.69 Å². The van der Waals surface area contributed by atoms with E-state index in [0.717, 1.165) is 18.4 Å². The lowest BCUT2D eigenvalue weighted by Crippen LogP contribution is -2.42. The molecule has 0 spiro atoms. The van der Waals surface area contributed by atoms with Crippen LogP contribution in [0.5, 0.6) is 0 Å². The smallest absolute Gasteiger partial charge is 0.340 e. The Morgan fingerprint density at radius 2 is 1.83 bits per heavy atom. The number of para-hydroxylation sites is 1. The zero-order valence-electron chi connectivity index (χ0n) is 13.2. The van der Waals surface area contributed by atoms with Crippen molar-refractivity contribution in [3.63, 3.8) is 0 Å². The van der Waals surface area contributed by atoms with E-state index in [0.29, 0.717) is 17.8 Å². The van der Waals surface area contributed by atoms with Gasteiger partial charge in [0.25, 0.3) is 0 Å². The SMILES string of the molecule is O=C(OCc1ccccc1)c1ccccc1N1CCCC(Br)C1=O. The lowest BCUT2D eigenvalue weighted by Gasteiger charge is -2.30. The van der Waals surface area contributed by atoms with Crippen LogP contribution in [0.1, 0.15) is 28.8 Å². The van der Waals surface area contributed by atoms with Gasteiger partial charge in [-0.1, -0.05) is 58.4 Å². The van der Waals surface area contributed by atoms with Crippen molar-refractivity contribution in [2.45, 2.75) is 24.3 Å². The van der Waals surface area contributed by atoms with Crippen molar-refractivity contribution in [2.75, 3.05) is 11.4 Å². The molecule has 1 fully saturated rings. The molecule has 1 unspecified atom stereocenters. The number of hydrogen-bond donors (Lipinski definition) is 0. The van der Waals surface area contributed by atoms with E-state index in [4.69, 9.17) is 4.74 Å². The first-order valence-electron chi connectivity index (χ1n) is 7.92. The largest absolute Gasteiger partial charge is 0.457 e. The summed E-state index contributed by atoms with van der Waals surface area (Å²) in [6.45, 7) is 0.826. The number of rotatable bonds is 4. The van der Waals surface area contributed by atoms with Crippen LogP contribution in [0.2, 0.25) is 0 Å². The third kappa shape index (κ3) is 3.67. The van der Waals surface area contributed by atoms with Crippen LogP contribution in [0.3, 0.4) is 0 Å². The van der Waals surface area contributed by atoms with Gasteiger partial charge in [0.05, 0.1) is 16.1 Å². The molecule has 1 aliphatic heterocycles. The molecule has 4 nitrogen and oxygen atoms in total. The number of carbonyl (C=O) groups is 2. The fourth-order valence-corrected chi connectivity index (χ4v) is 3.32. The number of amides is 1. The molecule has 1 saturated heterocycles. The number of alkyl halides is 1. The van der Waals surface area contributed by atoms with Gasteiger partial charge in [-0.3, -0.25) is 4.79 Å². The maximum atomic E-state index is 12.5. The first-order valence-corrected chi connectivity index (χ1v) is 8.84. The molecule has 1 aliphatic rings. The molecule has 5 heteroatoms. The van der Waals surface area contributed by atoms with E-state index < -0.39 is 5.97 Å². The Bertz CT molecular complexity index is 732. The standard InChI is InChI=1S/C19H18BrNO3/c20-16-10-6-12-21(18(16)22)17-11-5-4-9-15(17)19(23)24-13-14-7-2-1-3-8-14/h1-5,7-9,11,16H,6,10,12-13H2. The van der Waals surface area contributed by atoms with Crippen LogP contribution in [-0.2, 0) is 16.1 Å². The summed E-state index contributed by atoms with van der Waals surface area (Å²) in [5.41, 5.74) is 1.96. The number of halogens is 1. The molecule has 2 aromatic carbocycles. The van der Waals surface area contributed by atoms with Crippen molar-refractivity contribution in [1.82, 2.24) is 0 Å². The highest BCUT2D eigenvalue weighted by atomic mass is 79.9. The molecule has 0 aromatic heterocycles. The molecule has 0 N–H and O–H groups in total. The average molecular weight is 388 g/mol. The highest BCUT2D eigenvalue weighted by molar-refractivity contribution is 9.10. The van der Waals surface area contributed by atoms with Crippen molar-refractivity contribution in [1.29, 1.82) is 0 Å². The summed E-state index contributed by atoms with van der Waals surface area (Å²) in [4.78, 5) is 26.4. The molecule has 0 saturated carbocycles. The van der Waals surface area contributed by atoms with Gasteiger partial charge in [-0.2, -0.15) is 0 Å². The van der Waals surface area contributed by atoms with Gasteiger partial charge in [-0.05, 0) is 30.5 Å². The summed E-state index contributed by atoms with van der Waals surface area (Å²) in [5, 5.41) is 0. The van der Waals surface area contributed by atoms with Crippen LogP contribution in [0.25, 0.3) is 0 Å². The van der Waals surface area contributed by atoms with E-state index in [1.54, 1.807) is 23.1 Å². The predicted molar refractivity (Wildman–Crippen MR) is 96.3 cm³/mol. The quantitative estimate of drug-likeness (QED) is 0.589.